The maximum atomic E-state index is 11.0. The Morgan fingerprint density at radius 1 is 1.24 bits per heavy atom. The first-order valence-electron chi connectivity index (χ1n) is 6.28. The van der Waals surface area contributed by atoms with Gasteiger partial charge in [-0.15, -0.1) is 0 Å². The molecule has 2 aromatic rings. The monoisotopic (exact) mass is 287 g/mol. The first kappa shape index (κ1) is 14.5. The highest BCUT2D eigenvalue weighted by Crippen LogP contribution is 2.29. The molecule has 0 aliphatic rings. The summed E-state index contributed by atoms with van der Waals surface area (Å²) in [5.74, 6) is -0.670. The van der Waals surface area contributed by atoms with Crippen molar-refractivity contribution in [3.05, 3.63) is 58.1 Å². The Hall–Kier alpha value is -2.89. The second-order valence-electron chi connectivity index (χ2n) is 4.26. The summed E-state index contributed by atoms with van der Waals surface area (Å²) in [6, 6.07) is 11.1. The van der Waals surface area contributed by atoms with Gasteiger partial charge in [-0.1, -0.05) is 18.2 Å². The molecule has 0 saturated carbocycles. The van der Waals surface area contributed by atoms with Crippen molar-refractivity contribution in [2.24, 2.45) is 0 Å². The maximum Gasteiger partial charge on any atom is 0.342 e. The fraction of sp³-hybridized carbons (Fsp3) is 0.133. The van der Waals surface area contributed by atoms with E-state index >= 15 is 0 Å². The first-order valence-corrected chi connectivity index (χ1v) is 6.28. The standard InChI is InChI=1S/C15H13NO5/c1-2-21-12-5-3-4-10(8-12)11-6-7-13(15(17)18)14(9-11)16(19)20/h3-9H,2H2,1H3,(H,17,18). The van der Waals surface area contributed by atoms with Gasteiger partial charge in [0.1, 0.15) is 11.3 Å². The normalized spacial score (nSPS) is 10.1. The summed E-state index contributed by atoms with van der Waals surface area (Å²) in [4.78, 5) is 21.3. The van der Waals surface area contributed by atoms with Crippen molar-refractivity contribution < 1.29 is 19.6 Å². The third-order valence-corrected chi connectivity index (χ3v) is 2.90. The molecule has 0 aromatic heterocycles. The lowest BCUT2D eigenvalue weighted by Crippen LogP contribution is -2.02. The third-order valence-electron chi connectivity index (χ3n) is 2.90. The van der Waals surface area contributed by atoms with Crippen LogP contribution in [-0.2, 0) is 0 Å². The number of hydrogen-bond donors (Lipinski definition) is 1. The van der Waals surface area contributed by atoms with Crippen molar-refractivity contribution in [2.75, 3.05) is 6.61 Å². The van der Waals surface area contributed by atoms with Crippen LogP contribution in [0.15, 0.2) is 42.5 Å². The van der Waals surface area contributed by atoms with Gasteiger partial charge >= 0.3 is 5.97 Å². The molecule has 0 aliphatic carbocycles. The second kappa shape index (κ2) is 6.04. The van der Waals surface area contributed by atoms with E-state index < -0.39 is 16.6 Å². The van der Waals surface area contributed by atoms with Crippen LogP contribution in [0.25, 0.3) is 11.1 Å². The lowest BCUT2D eigenvalue weighted by atomic mass is 10.0. The average Bonchev–Trinajstić information content (AvgIpc) is 2.47. The van der Waals surface area contributed by atoms with Gasteiger partial charge in [0.15, 0.2) is 0 Å². The molecule has 108 valence electrons. The molecule has 0 radical (unpaired) electrons. The Balaban J connectivity index is 2.50. The lowest BCUT2D eigenvalue weighted by Gasteiger charge is -2.07. The molecular formula is C15H13NO5. The van der Waals surface area contributed by atoms with Crippen LogP contribution in [0.5, 0.6) is 5.75 Å². The predicted molar refractivity (Wildman–Crippen MR) is 76.7 cm³/mol. The predicted octanol–water partition coefficient (Wildman–Crippen LogP) is 3.36. The highest BCUT2D eigenvalue weighted by molar-refractivity contribution is 5.93. The number of nitro benzene ring substituents is 1. The Bertz CT molecular complexity index is 696. The molecule has 0 bridgehead atoms. The van der Waals surface area contributed by atoms with Crippen LogP contribution in [0.1, 0.15) is 17.3 Å². The maximum absolute atomic E-state index is 11.0. The van der Waals surface area contributed by atoms with E-state index in [-0.39, 0.29) is 5.56 Å². The van der Waals surface area contributed by atoms with Crippen LogP contribution in [0.3, 0.4) is 0 Å². The van der Waals surface area contributed by atoms with E-state index in [0.29, 0.717) is 17.9 Å². The Morgan fingerprint density at radius 3 is 2.57 bits per heavy atom. The topological polar surface area (TPSA) is 89.7 Å². The van der Waals surface area contributed by atoms with Gasteiger partial charge in [-0.25, -0.2) is 4.79 Å². The van der Waals surface area contributed by atoms with Crippen LogP contribution in [0, 0.1) is 10.1 Å². The molecule has 2 aromatic carbocycles. The summed E-state index contributed by atoms with van der Waals surface area (Å²) in [6.45, 7) is 2.38. The number of rotatable bonds is 5. The largest absolute Gasteiger partial charge is 0.494 e. The zero-order chi connectivity index (χ0) is 15.4. The van der Waals surface area contributed by atoms with Gasteiger partial charge in [0.05, 0.1) is 11.5 Å². The smallest absolute Gasteiger partial charge is 0.342 e. The summed E-state index contributed by atoms with van der Waals surface area (Å²) in [6.07, 6.45) is 0. The van der Waals surface area contributed by atoms with E-state index in [4.69, 9.17) is 9.84 Å². The molecule has 1 N–H and O–H groups in total. The molecule has 0 spiro atoms. The number of carboxylic acid groups (broad SMARTS) is 1. The second-order valence-corrected chi connectivity index (χ2v) is 4.26. The van der Waals surface area contributed by atoms with E-state index in [1.807, 2.05) is 6.92 Å². The Morgan fingerprint density at radius 2 is 1.95 bits per heavy atom. The molecule has 0 unspecified atom stereocenters. The van der Waals surface area contributed by atoms with E-state index in [2.05, 4.69) is 0 Å². The summed E-state index contributed by atoms with van der Waals surface area (Å²) >= 11 is 0. The van der Waals surface area contributed by atoms with Crippen molar-refractivity contribution >= 4 is 11.7 Å². The van der Waals surface area contributed by atoms with Gasteiger partial charge in [0.25, 0.3) is 5.69 Å². The number of carbonyl (C=O) groups is 1. The van der Waals surface area contributed by atoms with Crippen LogP contribution < -0.4 is 4.74 Å². The molecule has 6 nitrogen and oxygen atoms in total. The number of nitro groups is 1. The quantitative estimate of drug-likeness (QED) is 0.672. The van der Waals surface area contributed by atoms with E-state index in [9.17, 15) is 14.9 Å². The van der Waals surface area contributed by atoms with Gasteiger partial charge in [0.2, 0.25) is 0 Å². The first-order chi connectivity index (χ1) is 10.0. The van der Waals surface area contributed by atoms with Gasteiger partial charge in [-0.05, 0) is 36.2 Å². The minimum absolute atomic E-state index is 0.329. The molecule has 0 heterocycles. The summed E-state index contributed by atoms with van der Waals surface area (Å²) in [5.41, 5.74) is 0.528. The van der Waals surface area contributed by atoms with Crippen molar-refractivity contribution in [3.63, 3.8) is 0 Å². The van der Waals surface area contributed by atoms with Gasteiger partial charge in [0, 0.05) is 6.07 Å². The number of hydrogen-bond acceptors (Lipinski definition) is 4. The van der Waals surface area contributed by atoms with E-state index in [0.717, 1.165) is 5.56 Å². The van der Waals surface area contributed by atoms with Crippen LogP contribution in [0.4, 0.5) is 5.69 Å². The Kier molecular flexibility index (Phi) is 4.18. The summed E-state index contributed by atoms with van der Waals surface area (Å²) in [5, 5.41) is 20.0. The molecule has 0 fully saturated rings. The van der Waals surface area contributed by atoms with Crippen molar-refractivity contribution in [1.82, 2.24) is 0 Å². The third kappa shape index (κ3) is 3.17. The van der Waals surface area contributed by atoms with E-state index in [1.165, 1.54) is 12.1 Å². The fourth-order valence-electron chi connectivity index (χ4n) is 1.98. The summed E-state index contributed by atoms with van der Waals surface area (Å²) in [7, 11) is 0. The van der Waals surface area contributed by atoms with Crippen LogP contribution >= 0.6 is 0 Å². The number of aromatic carboxylic acids is 1. The zero-order valence-electron chi connectivity index (χ0n) is 11.3. The lowest BCUT2D eigenvalue weighted by molar-refractivity contribution is -0.385. The van der Waals surface area contributed by atoms with Gasteiger partial charge in [-0.2, -0.15) is 0 Å². The molecule has 0 aliphatic heterocycles. The molecule has 6 heteroatoms. The van der Waals surface area contributed by atoms with Gasteiger partial charge < -0.3 is 9.84 Å². The number of carboxylic acids is 1. The zero-order valence-corrected chi connectivity index (χ0v) is 11.3. The SMILES string of the molecule is CCOc1cccc(-c2ccc(C(=O)O)c([N+](=O)[O-])c2)c1. The highest BCUT2D eigenvalue weighted by atomic mass is 16.6. The van der Waals surface area contributed by atoms with Crippen LogP contribution in [0.2, 0.25) is 0 Å². The van der Waals surface area contributed by atoms with Crippen LogP contribution in [-0.4, -0.2) is 22.6 Å². The molecular weight excluding hydrogens is 274 g/mol. The molecule has 0 amide bonds. The average molecular weight is 287 g/mol. The van der Waals surface area contributed by atoms with Crippen molar-refractivity contribution in [2.45, 2.75) is 6.92 Å². The number of ether oxygens (including phenoxy) is 1. The minimum Gasteiger partial charge on any atom is -0.494 e. The molecule has 0 saturated heterocycles. The van der Waals surface area contributed by atoms with E-state index in [1.54, 1.807) is 30.3 Å². The molecule has 0 atom stereocenters. The summed E-state index contributed by atoms with van der Waals surface area (Å²) < 4.78 is 5.38. The number of benzene rings is 2. The fourth-order valence-corrected chi connectivity index (χ4v) is 1.98. The van der Waals surface area contributed by atoms with Gasteiger partial charge in [-0.3, -0.25) is 10.1 Å². The van der Waals surface area contributed by atoms with Crippen molar-refractivity contribution in [1.29, 1.82) is 0 Å². The number of nitrogens with zero attached hydrogens (tertiary/aromatic N) is 1. The molecule has 2 rings (SSSR count). The highest BCUT2D eigenvalue weighted by Gasteiger charge is 2.20. The molecule has 21 heavy (non-hydrogen) atoms. The Labute approximate surface area is 120 Å². The minimum atomic E-state index is -1.32. The van der Waals surface area contributed by atoms with Crippen molar-refractivity contribution in [3.8, 4) is 16.9 Å².